The van der Waals surface area contributed by atoms with Gasteiger partial charge in [0.1, 0.15) is 5.76 Å². The van der Waals surface area contributed by atoms with E-state index in [4.69, 9.17) is 4.52 Å². The summed E-state index contributed by atoms with van der Waals surface area (Å²) in [6.07, 6.45) is 3.20. The van der Waals surface area contributed by atoms with Crippen LogP contribution in [0.1, 0.15) is 74.5 Å². The maximum absolute atomic E-state index is 12.7. The van der Waals surface area contributed by atoms with E-state index in [-0.39, 0.29) is 11.3 Å². The fourth-order valence-electron chi connectivity index (χ4n) is 3.31. The third kappa shape index (κ3) is 3.81. The second kappa shape index (κ2) is 6.27. The van der Waals surface area contributed by atoms with Crippen molar-refractivity contribution in [3.05, 3.63) is 33.2 Å². The second-order valence-corrected chi connectivity index (χ2v) is 10.1. The highest BCUT2D eigenvalue weighted by Crippen LogP contribution is 2.40. The SMILES string of the molecule is CC(C)(C)c1cc(NC(=O)c2csc3c2CC[C@H](C(C)(C)C)C3)no1. The monoisotopic (exact) mass is 360 g/mol. The van der Waals surface area contributed by atoms with E-state index < -0.39 is 0 Å². The lowest BCUT2D eigenvalue weighted by atomic mass is 9.72. The summed E-state index contributed by atoms with van der Waals surface area (Å²) in [7, 11) is 0. The lowest BCUT2D eigenvalue weighted by molar-refractivity contribution is 0.102. The molecule has 1 aliphatic rings. The Kier molecular flexibility index (Phi) is 4.56. The molecule has 136 valence electrons. The number of carbonyl (C=O) groups is 1. The molecule has 0 radical (unpaired) electrons. The first kappa shape index (κ1) is 18.2. The first-order valence-electron chi connectivity index (χ1n) is 8.93. The number of carbonyl (C=O) groups excluding carboxylic acids is 1. The van der Waals surface area contributed by atoms with Gasteiger partial charge < -0.3 is 9.84 Å². The number of rotatable bonds is 2. The van der Waals surface area contributed by atoms with Crippen LogP contribution in [0.25, 0.3) is 0 Å². The van der Waals surface area contributed by atoms with Crippen LogP contribution in [0.4, 0.5) is 5.82 Å². The summed E-state index contributed by atoms with van der Waals surface area (Å²) in [6, 6.07) is 1.81. The van der Waals surface area contributed by atoms with Crippen molar-refractivity contribution in [2.45, 2.75) is 66.2 Å². The molecule has 1 amide bonds. The van der Waals surface area contributed by atoms with Crippen LogP contribution in [-0.4, -0.2) is 11.1 Å². The summed E-state index contributed by atoms with van der Waals surface area (Å²) in [6.45, 7) is 13.1. The van der Waals surface area contributed by atoms with Gasteiger partial charge in [-0.25, -0.2) is 0 Å². The van der Waals surface area contributed by atoms with E-state index >= 15 is 0 Å². The Bertz CT molecular complexity index is 774. The number of fused-ring (bicyclic) bond motifs is 1. The molecule has 0 spiro atoms. The van der Waals surface area contributed by atoms with Crippen LogP contribution in [0, 0.1) is 11.3 Å². The van der Waals surface area contributed by atoms with Gasteiger partial charge in [-0.15, -0.1) is 11.3 Å². The lowest BCUT2D eigenvalue weighted by Crippen LogP contribution is -2.27. The van der Waals surface area contributed by atoms with Crippen molar-refractivity contribution in [2.75, 3.05) is 5.32 Å². The quantitative estimate of drug-likeness (QED) is 0.776. The average molecular weight is 361 g/mol. The maximum atomic E-state index is 12.7. The van der Waals surface area contributed by atoms with Gasteiger partial charge in [0.15, 0.2) is 5.82 Å². The first-order chi connectivity index (χ1) is 11.6. The minimum Gasteiger partial charge on any atom is -0.359 e. The fourth-order valence-corrected chi connectivity index (χ4v) is 4.47. The number of aromatic nitrogens is 1. The molecule has 0 fully saturated rings. The van der Waals surface area contributed by atoms with Crippen molar-refractivity contribution < 1.29 is 9.32 Å². The van der Waals surface area contributed by atoms with Crippen molar-refractivity contribution in [3.63, 3.8) is 0 Å². The molecule has 2 heterocycles. The second-order valence-electron chi connectivity index (χ2n) is 9.14. The van der Waals surface area contributed by atoms with Gasteiger partial charge in [0.2, 0.25) is 0 Å². The summed E-state index contributed by atoms with van der Waals surface area (Å²) >= 11 is 1.72. The zero-order valence-electron chi connectivity index (χ0n) is 16.0. The maximum Gasteiger partial charge on any atom is 0.258 e. The zero-order valence-corrected chi connectivity index (χ0v) is 16.8. The zero-order chi connectivity index (χ0) is 18.4. The highest BCUT2D eigenvalue weighted by molar-refractivity contribution is 7.10. The largest absolute Gasteiger partial charge is 0.359 e. The Balaban J connectivity index is 1.75. The molecule has 3 rings (SSSR count). The van der Waals surface area contributed by atoms with E-state index in [1.165, 1.54) is 10.4 Å². The van der Waals surface area contributed by atoms with Crippen molar-refractivity contribution in [3.8, 4) is 0 Å². The van der Waals surface area contributed by atoms with Crippen molar-refractivity contribution in [1.29, 1.82) is 0 Å². The van der Waals surface area contributed by atoms with Crippen molar-refractivity contribution in [1.82, 2.24) is 5.16 Å². The third-order valence-corrected chi connectivity index (χ3v) is 6.17. The molecule has 0 aromatic carbocycles. The highest BCUT2D eigenvalue weighted by atomic mass is 32.1. The van der Waals surface area contributed by atoms with Crippen LogP contribution < -0.4 is 5.32 Å². The first-order valence-corrected chi connectivity index (χ1v) is 9.81. The normalized spacial score (nSPS) is 18.1. The Morgan fingerprint density at radius 1 is 1.28 bits per heavy atom. The summed E-state index contributed by atoms with van der Waals surface area (Å²) < 4.78 is 5.35. The predicted molar refractivity (Wildman–Crippen MR) is 102 cm³/mol. The third-order valence-electron chi connectivity index (χ3n) is 5.12. The lowest BCUT2D eigenvalue weighted by Gasteiger charge is -2.34. The molecule has 0 bridgehead atoms. The predicted octanol–water partition coefficient (Wildman–Crippen LogP) is 5.44. The molecule has 1 aliphatic carbocycles. The van der Waals surface area contributed by atoms with E-state index in [0.717, 1.165) is 30.6 Å². The van der Waals surface area contributed by atoms with Crippen LogP contribution >= 0.6 is 11.3 Å². The Morgan fingerprint density at radius 2 is 2.00 bits per heavy atom. The highest BCUT2D eigenvalue weighted by Gasteiger charge is 2.32. The van der Waals surface area contributed by atoms with E-state index in [9.17, 15) is 4.79 Å². The molecule has 0 saturated heterocycles. The molecule has 1 atom stereocenters. The molecule has 5 heteroatoms. The van der Waals surface area contributed by atoms with Gasteiger partial charge in [-0.1, -0.05) is 46.7 Å². The molecule has 0 saturated carbocycles. The fraction of sp³-hybridized carbons (Fsp3) is 0.600. The van der Waals surface area contributed by atoms with Gasteiger partial charge in [0.05, 0.1) is 5.56 Å². The van der Waals surface area contributed by atoms with Crippen LogP contribution in [0.3, 0.4) is 0 Å². The van der Waals surface area contributed by atoms with E-state index in [2.05, 4.69) is 52.0 Å². The molecule has 0 unspecified atom stereocenters. The van der Waals surface area contributed by atoms with Crippen LogP contribution in [0.15, 0.2) is 16.0 Å². The van der Waals surface area contributed by atoms with Gasteiger partial charge in [-0.3, -0.25) is 4.79 Å². The Labute approximate surface area is 154 Å². The van der Waals surface area contributed by atoms with Gasteiger partial charge in [-0.05, 0) is 36.2 Å². The molecular formula is C20H28N2O2S. The van der Waals surface area contributed by atoms with Crippen molar-refractivity contribution in [2.24, 2.45) is 11.3 Å². The average Bonchev–Trinajstić information content (AvgIpc) is 3.11. The number of hydrogen-bond acceptors (Lipinski definition) is 4. The summed E-state index contributed by atoms with van der Waals surface area (Å²) in [4.78, 5) is 14.1. The summed E-state index contributed by atoms with van der Waals surface area (Å²) in [5, 5.41) is 8.87. The number of amides is 1. The van der Waals surface area contributed by atoms with E-state index in [1.54, 1.807) is 11.3 Å². The molecule has 2 aromatic rings. The Morgan fingerprint density at radius 3 is 2.60 bits per heavy atom. The topological polar surface area (TPSA) is 55.1 Å². The minimum atomic E-state index is -0.126. The van der Waals surface area contributed by atoms with Gasteiger partial charge in [0, 0.05) is 21.7 Å². The van der Waals surface area contributed by atoms with Crippen LogP contribution in [0.2, 0.25) is 0 Å². The number of nitrogens with one attached hydrogen (secondary N) is 1. The number of nitrogens with zero attached hydrogens (tertiary/aromatic N) is 1. The molecule has 25 heavy (non-hydrogen) atoms. The number of thiophene rings is 1. The van der Waals surface area contributed by atoms with Crippen molar-refractivity contribution >= 4 is 23.1 Å². The summed E-state index contributed by atoms with van der Waals surface area (Å²) in [5.74, 6) is 1.85. The van der Waals surface area contributed by atoms with Gasteiger partial charge in [-0.2, -0.15) is 0 Å². The molecule has 1 N–H and O–H groups in total. The molecule has 0 aliphatic heterocycles. The molecular weight excluding hydrogens is 332 g/mol. The number of hydrogen-bond donors (Lipinski definition) is 1. The number of anilines is 1. The van der Waals surface area contributed by atoms with Crippen LogP contribution in [0.5, 0.6) is 0 Å². The van der Waals surface area contributed by atoms with Gasteiger partial charge >= 0.3 is 0 Å². The smallest absolute Gasteiger partial charge is 0.258 e. The minimum absolute atomic E-state index is 0.0829. The Hall–Kier alpha value is -1.62. The van der Waals surface area contributed by atoms with E-state index in [0.29, 0.717) is 17.2 Å². The van der Waals surface area contributed by atoms with E-state index in [1.807, 2.05) is 11.4 Å². The van der Waals surface area contributed by atoms with Gasteiger partial charge in [0.25, 0.3) is 5.91 Å². The summed E-state index contributed by atoms with van der Waals surface area (Å²) in [5.41, 5.74) is 2.21. The molecule has 2 aromatic heterocycles. The van der Waals surface area contributed by atoms with Crippen LogP contribution in [-0.2, 0) is 18.3 Å². The standard InChI is InChI=1S/C20H28N2O2S/c1-19(2,3)12-7-8-13-14(11-25-15(13)9-12)18(23)21-17-10-16(24-22-17)20(4,5)6/h10-12H,7-9H2,1-6H3,(H,21,22,23)/t12-/m0/s1. The molecule has 4 nitrogen and oxygen atoms in total.